The van der Waals surface area contributed by atoms with Crippen molar-refractivity contribution in [1.82, 2.24) is 5.32 Å². The first-order chi connectivity index (χ1) is 10.6. The van der Waals surface area contributed by atoms with Crippen LogP contribution < -0.4 is 11.1 Å². The highest BCUT2D eigenvalue weighted by molar-refractivity contribution is 5.94. The molecule has 2 amide bonds. The van der Waals surface area contributed by atoms with Gasteiger partial charge >= 0.3 is 0 Å². The standard InChI is InChI=1S/C16H25N2O4/c17-14(20)9-13-16(12(19)10-22-13)18-15(21)8-7-11-5-3-1-2-4-6-11/h8,11,13,16H,1-7,9-10H2,(H2,17,20)(H,18,21)/t13-,16+/m0/s1. The molecule has 2 aliphatic rings. The molecular weight excluding hydrogens is 284 g/mol. The number of amides is 2. The van der Waals surface area contributed by atoms with E-state index in [1.807, 2.05) is 0 Å². The van der Waals surface area contributed by atoms with E-state index in [9.17, 15) is 14.4 Å². The summed E-state index contributed by atoms with van der Waals surface area (Å²) in [5.41, 5.74) is 5.13. The minimum absolute atomic E-state index is 0.0562. The largest absolute Gasteiger partial charge is 0.370 e. The molecule has 1 saturated heterocycles. The lowest BCUT2D eigenvalue weighted by atomic mass is 9.94. The SMILES string of the molecule is NC(=O)C[C@@H]1OCC(=O)[C@H]1NC(=O)[CH]CC1CCCCCC1. The summed E-state index contributed by atoms with van der Waals surface area (Å²) >= 11 is 0. The van der Waals surface area contributed by atoms with Crippen molar-refractivity contribution in [2.45, 2.75) is 63.5 Å². The first-order valence-electron chi connectivity index (χ1n) is 8.12. The van der Waals surface area contributed by atoms with Gasteiger partial charge in [0.2, 0.25) is 11.8 Å². The summed E-state index contributed by atoms with van der Waals surface area (Å²) in [6.45, 7) is -0.0779. The van der Waals surface area contributed by atoms with Crippen molar-refractivity contribution in [2.75, 3.05) is 6.61 Å². The van der Waals surface area contributed by atoms with E-state index in [2.05, 4.69) is 5.32 Å². The van der Waals surface area contributed by atoms with Crippen LogP contribution in [0.1, 0.15) is 51.4 Å². The van der Waals surface area contributed by atoms with E-state index < -0.39 is 18.1 Å². The normalized spacial score (nSPS) is 26.6. The fraction of sp³-hybridized carbons (Fsp3) is 0.750. The van der Waals surface area contributed by atoms with E-state index in [1.54, 1.807) is 6.42 Å². The Kier molecular flexibility index (Phi) is 6.36. The minimum Gasteiger partial charge on any atom is -0.370 e. The Hall–Kier alpha value is -1.43. The maximum Gasteiger partial charge on any atom is 0.224 e. The van der Waals surface area contributed by atoms with Gasteiger partial charge in [0.05, 0.1) is 12.5 Å². The molecule has 1 heterocycles. The summed E-state index contributed by atoms with van der Waals surface area (Å²) in [5.74, 6) is -0.448. The Morgan fingerprint density at radius 2 is 1.91 bits per heavy atom. The van der Waals surface area contributed by atoms with E-state index in [1.165, 1.54) is 38.5 Å². The fourth-order valence-corrected chi connectivity index (χ4v) is 3.22. The monoisotopic (exact) mass is 309 g/mol. The van der Waals surface area contributed by atoms with Gasteiger partial charge in [0.15, 0.2) is 5.78 Å². The van der Waals surface area contributed by atoms with E-state index in [4.69, 9.17) is 10.5 Å². The van der Waals surface area contributed by atoms with Crippen LogP contribution in [0.2, 0.25) is 0 Å². The van der Waals surface area contributed by atoms with Crippen molar-refractivity contribution in [2.24, 2.45) is 11.7 Å². The second-order valence-corrected chi connectivity index (χ2v) is 6.27. The zero-order valence-electron chi connectivity index (χ0n) is 12.9. The van der Waals surface area contributed by atoms with Crippen molar-refractivity contribution in [3.05, 3.63) is 6.42 Å². The van der Waals surface area contributed by atoms with Gasteiger partial charge in [0.25, 0.3) is 0 Å². The molecule has 2 fully saturated rings. The Labute approximate surface area is 131 Å². The molecule has 1 radical (unpaired) electrons. The number of nitrogens with one attached hydrogen (secondary N) is 1. The van der Waals surface area contributed by atoms with Gasteiger partial charge < -0.3 is 15.8 Å². The van der Waals surface area contributed by atoms with Gasteiger partial charge in [0.1, 0.15) is 12.6 Å². The third-order valence-electron chi connectivity index (χ3n) is 4.47. The van der Waals surface area contributed by atoms with Crippen molar-refractivity contribution < 1.29 is 19.1 Å². The van der Waals surface area contributed by atoms with Crippen molar-refractivity contribution in [3.63, 3.8) is 0 Å². The van der Waals surface area contributed by atoms with Crippen molar-refractivity contribution in [3.8, 4) is 0 Å². The van der Waals surface area contributed by atoms with Crippen molar-refractivity contribution in [1.29, 1.82) is 0 Å². The Morgan fingerprint density at radius 1 is 1.23 bits per heavy atom. The molecule has 3 N–H and O–H groups in total. The Bertz CT molecular complexity index is 416. The number of ether oxygens (including phenoxy) is 1. The van der Waals surface area contributed by atoms with Crippen LogP contribution in [0.25, 0.3) is 0 Å². The van der Waals surface area contributed by atoms with Crippen LogP contribution in [0, 0.1) is 12.3 Å². The molecule has 22 heavy (non-hydrogen) atoms. The third-order valence-corrected chi connectivity index (χ3v) is 4.47. The topological polar surface area (TPSA) is 98.5 Å². The molecule has 6 nitrogen and oxygen atoms in total. The summed E-state index contributed by atoms with van der Waals surface area (Å²) < 4.78 is 5.22. The maximum absolute atomic E-state index is 12.0. The predicted molar refractivity (Wildman–Crippen MR) is 80.6 cm³/mol. The predicted octanol–water partition coefficient (Wildman–Crippen LogP) is 0.879. The van der Waals surface area contributed by atoms with E-state index >= 15 is 0 Å². The summed E-state index contributed by atoms with van der Waals surface area (Å²) in [5, 5.41) is 2.66. The number of rotatable bonds is 6. The summed E-state index contributed by atoms with van der Waals surface area (Å²) in [6, 6.07) is -0.759. The van der Waals surface area contributed by atoms with E-state index in [0.29, 0.717) is 5.92 Å². The molecule has 0 aromatic heterocycles. The Balaban J connectivity index is 1.77. The number of hydrogen-bond acceptors (Lipinski definition) is 4. The van der Waals surface area contributed by atoms with E-state index in [0.717, 1.165) is 6.42 Å². The van der Waals surface area contributed by atoms with Gasteiger partial charge in [-0.25, -0.2) is 0 Å². The number of Topliss-reactive ketones (excluding diaryl/α,β-unsaturated/α-hetero) is 1. The average Bonchev–Trinajstić information content (AvgIpc) is 2.70. The zero-order chi connectivity index (χ0) is 15.9. The molecule has 0 spiro atoms. The highest BCUT2D eigenvalue weighted by Crippen LogP contribution is 2.26. The molecule has 123 valence electrons. The molecule has 0 unspecified atom stereocenters. The zero-order valence-corrected chi connectivity index (χ0v) is 12.9. The first kappa shape index (κ1) is 16.9. The van der Waals surface area contributed by atoms with Gasteiger partial charge in [-0.2, -0.15) is 0 Å². The first-order valence-corrected chi connectivity index (χ1v) is 8.12. The number of primary amides is 1. The van der Waals surface area contributed by atoms with Gasteiger partial charge in [-0.1, -0.05) is 38.5 Å². The summed E-state index contributed by atoms with van der Waals surface area (Å²) in [6.07, 6.45) is 9.04. The van der Waals surface area contributed by atoms with Crippen LogP contribution in [0.15, 0.2) is 0 Å². The number of nitrogens with two attached hydrogens (primary N) is 1. The summed E-state index contributed by atoms with van der Waals surface area (Å²) in [4.78, 5) is 34.7. The molecule has 6 heteroatoms. The minimum atomic E-state index is -0.759. The lowest BCUT2D eigenvalue weighted by Crippen LogP contribution is -2.46. The second kappa shape index (κ2) is 8.27. The third kappa shape index (κ3) is 5.09. The smallest absolute Gasteiger partial charge is 0.224 e. The summed E-state index contributed by atoms with van der Waals surface area (Å²) in [7, 11) is 0. The van der Waals surface area contributed by atoms with Gasteiger partial charge in [-0.05, 0) is 12.3 Å². The average molecular weight is 309 g/mol. The highest BCUT2D eigenvalue weighted by Gasteiger charge is 2.37. The van der Waals surface area contributed by atoms with Crippen LogP contribution in [0.3, 0.4) is 0 Å². The maximum atomic E-state index is 12.0. The van der Waals surface area contributed by atoms with Gasteiger partial charge in [-0.3, -0.25) is 14.4 Å². The molecule has 2 rings (SSSR count). The highest BCUT2D eigenvalue weighted by atomic mass is 16.5. The number of hydrogen-bond donors (Lipinski definition) is 2. The quantitative estimate of drug-likeness (QED) is 0.711. The van der Waals surface area contributed by atoms with Crippen LogP contribution in [0.5, 0.6) is 0 Å². The van der Waals surface area contributed by atoms with Crippen LogP contribution in [0.4, 0.5) is 0 Å². The molecule has 0 aromatic carbocycles. The molecule has 0 aromatic rings. The fourth-order valence-electron chi connectivity index (χ4n) is 3.22. The lowest BCUT2D eigenvalue weighted by molar-refractivity contribution is -0.125. The molecule has 1 saturated carbocycles. The number of carbonyl (C=O) groups excluding carboxylic acids is 3. The van der Waals surface area contributed by atoms with Gasteiger partial charge in [-0.15, -0.1) is 0 Å². The number of ketones is 1. The lowest BCUT2D eigenvalue weighted by Gasteiger charge is -2.18. The molecular formula is C16H25N2O4. The van der Waals surface area contributed by atoms with Gasteiger partial charge in [0, 0.05) is 6.42 Å². The molecule has 1 aliphatic carbocycles. The van der Waals surface area contributed by atoms with Crippen molar-refractivity contribution >= 4 is 17.6 Å². The second-order valence-electron chi connectivity index (χ2n) is 6.27. The van der Waals surface area contributed by atoms with E-state index in [-0.39, 0.29) is 24.7 Å². The van der Waals surface area contributed by atoms with Crippen LogP contribution >= 0.6 is 0 Å². The Morgan fingerprint density at radius 3 is 2.55 bits per heavy atom. The molecule has 0 bridgehead atoms. The van der Waals surface area contributed by atoms with Crippen LogP contribution in [-0.2, 0) is 19.1 Å². The molecule has 2 atom stereocenters. The molecule has 1 aliphatic heterocycles. The number of carbonyl (C=O) groups is 3. The van der Waals surface area contributed by atoms with Crippen LogP contribution in [-0.4, -0.2) is 36.4 Å².